The van der Waals surface area contributed by atoms with Crippen LogP contribution in [-0.2, 0) is 9.53 Å². The number of fused-ring (bicyclic) bond motifs is 1. The Morgan fingerprint density at radius 1 is 1.37 bits per heavy atom. The zero-order valence-electron chi connectivity index (χ0n) is 15.3. The van der Waals surface area contributed by atoms with E-state index in [1.54, 1.807) is 33.0 Å². The van der Waals surface area contributed by atoms with Crippen molar-refractivity contribution in [2.45, 2.75) is 38.8 Å². The van der Waals surface area contributed by atoms with Gasteiger partial charge in [-0.05, 0) is 44.9 Å². The summed E-state index contributed by atoms with van der Waals surface area (Å²) < 4.78 is 5.40. The molecular weight excluding hydrogens is 374 g/mol. The number of amides is 1. The molecule has 1 amide bonds. The summed E-state index contributed by atoms with van der Waals surface area (Å²) in [4.78, 5) is 36.7. The molecule has 146 valence electrons. The number of piperidine rings is 1. The molecule has 1 saturated heterocycles. The van der Waals surface area contributed by atoms with E-state index in [1.165, 1.54) is 4.90 Å². The number of likely N-dealkylation sites (tertiary alicyclic amines) is 1. The Morgan fingerprint density at radius 3 is 2.78 bits per heavy atom. The topological polar surface area (TPSA) is 120 Å². The van der Waals surface area contributed by atoms with Gasteiger partial charge in [0, 0.05) is 25.3 Å². The van der Waals surface area contributed by atoms with Crippen molar-refractivity contribution in [2.24, 2.45) is 5.92 Å². The number of ether oxygens (including phenoxy) is 1. The van der Waals surface area contributed by atoms with E-state index in [9.17, 15) is 14.7 Å². The Kier molecular flexibility index (Phi) is 5.14. The minimum absolute atomic E-state index is 0.0713. The highest BCUT2D eigenvalue weighted by Gasteiger charge is 2.36. The van der Waals surface area contributed by atoms with E-state index in [0.29, 0.717) is 24.4 Å². The first-order chi connectivity index (χ1) is 12.6. The third-order valence-electron chi connectivity index (χ3n) is 4.18. The molecule has 0 saturated carbocycles. The van der Waals surface area contributed by atoms with Crippen LogP contribution in [-0.4, -0.2) is 61.8 Å². The van der Waals surface area contributed by atoms with E-state index in [1.807, 2.05) is 0 Å². The average Bonchev–Trinajstić information content (AvgIpc) is 3.01. The molecule has 2 aromatic heterocycles. The summed E-state index contributed by atoms with van der Waals surface area (Å²) in [5, 5.41) is 13.5. The first-order valence-corrected chi connectivity index (χ1v) is 8.98. The third-order valence-corrected chi connectivity index (χ3v) is 4.35. The maximum absolute atomic E-state index is 12.4. The summed E-state index contributed by atoms with van der Waals surface area (Å²) in [5.74, 6) is -1.17. The summed E-state index contributed by atoms with van der Waals surface area (Å²) in [5.41, 5.74) is -0.0831. The number of carbonyl (C=O) groups is 2. The lowest BCUT2D eigenvalue weighted by Gasteiger charge is -2.37. The van der Waals surface area contributed by atoms with Gasteiger partial charge < -0.3 is 25.0 Å². The van der Waals surface area contributed by atoms with Crippen molar-refractivity contribution >= 4 is 40.5 Å². The molecule has 3 rings (SSSR count). The summed E-state index contributed by atoms with van der Waals surface area (Å²) in [7, 11) is 0. The Hall–Kier alpha value is -2.55. The van der Waals surface area contributed by atoms with E-state index in [0.717, 1.165) is 5.39 Å². The van der Waals surface area contributed by atoms with Gasteiger partial charge in [0.25, 0.3) is 0 Å². The number of carbonyl (C=O) groups excluding carboxylic acids is 1. The zero-order chi connectivity index (χ0) is 19.8. The van der Waals surface area contributed by atoms with Crippen LogP contribution in [0.2, 0.25) is 5.28 Å². The average molecular weight is 396 g/mol. The van der Waals surface area contributed by atoms with E-state index in [4.69, 9.17) is 16.3 Å². The van der Waals surface area contributed by atoms with Crippen molar-refractivity contribution in [3.05, 3.63) is 17.5 Å². The molecule has 0 aliphatic carbocycles. The monoisotopic (exact) mass is 395 g/mol. The van der Waals surface area contributed by atoms with Crippen LogP contribution in [0, 0.1) is 5.92 Å². The van der Waals surface area contributed by atoms with Crippen LogP contribution >= 0.6 is 11.6 Å². The van der Waals surface area contributed by atoms with Crippen LogP contribution in [0.3, 0.4) is 0 Å². The van der Waals surface area contributed by atoms with Crippen molar-refractivity contribution in [3.63, 3.8) is 0 Å². The number of nitrogens with one attached hydrogen (secondary N) is 2. The maximum Gasteiger partial charge on any atom is 0.410 e. The number of aliphatic carboxylic acids is 1. The summed E-state index contributed by atoms with van der Waals surface area (Å²) in [6.07, 6.45) is 1.53. The lowest BCUT2D eigenvalue weighted by atomic mass is 9.94. The molecule has 27 heavy (non-hydrogen) atoms. The fraction of sp³-hybridized carbons (Fsp3) is 0.529. The fourth-order valence-electron chi connectivity index (χ4n) is 3.08. The minimum atomic E-state index is -0.956. The van der Waals surface area contributed by atoms with Gasteiger partial charge in [0.1, 0.15) is 17.1 Å². The molecule has 0 unspecified atom stereocenters. The molecule has 2 aromatic rings. The second kappa shape index (κ2) is 7.22. The third kappa shape index (κ3) is 4.60. The van der Waals surface area contributed by atoms with E-state index in [-0.39, 0.29) is 17.9 Å². The Bertz CT molecular complexity index is 863. The number of carboxylic acids is 1. The SMILES string of the molecule is CC(C)(C)OC(=O)N1C[C@@H](Nc2nc(Cl)nc3[nH]ccc23)C[C@@H](C(=O)O)C1. The van der Waals surface area contributed by atoms with Crippen molar-refractivity contribution in [3.8, 4) is 0 Å². The predicted molar refractivity (Wildman–Crippen MR) is 99.9 cm³/mol. The molecule has 9 nitrogen and oxygen atoms in total. The minimum Gasteiger partial charge on any atom is -0.481 e. The first-order valence-electron chi connectivity index (χ1n) is 8.60. The number of halogens is 1. The highest BCUT2D eigenvalue weighted by molar-refractivity contribution is 6.28. The first kappa shape index (κ1) is 19.2. The maximum atomic E-state index is 12.4. The van der Waals surface area contributed by atoms with Crippen molar-refractivity contribution < 1.29 is 19.4 Å². The standard InChI is InChI=1S/C17H22ClN5O4/c1-17(2,3)27-16(26)23-7-9(14(24)25)6-10(8-23)20-13-11-4-5-19-12(11)21-15(18)22-13/h4-5,9-10H,6-8H2,1-3H3,(H,24,25)(H2,19,20,21,22)/t9-,10+/m1/s1. The number of H-pyrrole nitrogens is 1. The van der Waals surface area contributed by atoms with Gasteiger partial charge in [-0.2, -0.15) is 4.98 Å². The van der Waals surface area contributed by atoms with Crippen LogP contribution in [0.5, 0.6) is 0 Å². The molecule has 0 radical (unpaired) electrons. The molecule has 1 aliphatic rings. The highest BCUT2D eigenvalue weighted by Crippen LogP contribution is 2.26. The van der Waals surface area contributed by atoms with Crippen molar-refractivity contribution in [1.82, 2.24) is 19.9 Å². The Labute approximate surface area is 161 Å². The molecule has 3 heterocycles. The largest absolute Gasteiger partial charge is 0.481 e. The summed E-state index contributed by atoms with van der Waals surface area (Å²) in [6, 6.07) is 1.48. The Morgan fingerprint density at radius 2 is 2.11 bits per heavy atom. The molecule has 3 N–H and O–H groups in total. The van der Waals surface area contributed by atoms with Crippen molar-refractivity contribution in [2.75, 3.05) is 18.4 Å². The van der Waals surface area contributed by atoms with Crippen molar-refractivity contribution in [1.29, 1.82) is 0 Å². The zero-order valence-corrected chi connectivity index (χ0v) is 16.1. The fourth-order valence-corrected chi connectivity index (χ4v) is 3.24. The summed E-state index contributed by atoms with van der Waals surface area (Å²) >= 11 is 5.97. The van der Waals surface area contributed by atoms with Gasteiger partial charge in [0.15, 0.2) is 0 Å². The smallest absolute Gasteiger partial charge is 0.410 e. The number of carboxylic acid groups (broad SMARTS) is 1. The van der Waals surface area contributed by atoms with E-state index < -0.39 is 23.6 Å². The number of nitrogens with zero attached hydrogens (tertiary/aromatic N) is 3. The van der Waals surface area contributed by atoms with Gasteiger partial charge in [-0.3, -0.25) is 4.79 Å². The number of hydrogen-bond acceptors (Lipinski definition) is 6. The molecule has 0 bridgehead atoms. The molecule has 10 heteroatoms. The van der Waals surface area contributed by atoms with Crippen LogP contribution in [0.1, 0.15) is 27.2 Å². The number of hydrogen-bond donors (Lipinski definition) is 3. The molecule has 1 aliphatic heterocycles. The normalized spacial score (nSPS) is 20.5. The van der Waals surface area contributed by atoms with Gasteiger partial charge in [-0.15, -0.1) is 0 Å². The number of aromatic nitrogens is 3. The number of aromatic amines is 1. The lowest BCUT2D eigenvalue weighted by Crippen LogP contribution is -2.51. The Balaban J connectivity index is 1.82. The predicted octanol–water partition coefficient (Wildman–Crippen LogP) is 2.73. The molecule has 0 aromatic carbocycles. The lowest BCUT2D eigenvalue weighted by molar-refractivity contribution is -0.143. The van der Waals surface area contributed by atoms with E-state index >= 15 is 0 Å². The number of rotatable bonds is 3. The second-order valence-corrected chi connectivity index (χ2v) is 7.92. The molecule has 0 spiro atoms. The quantitative estimate of drug-likeness (QED) is 0.683. The van der Waals surface area contributed by atoms with Crippen LogP contribution in [0.15, 0.2) is 12.3 Å². The van der Waals surface area contributed by atoms with Gasteiger partial charge >= 0.3 is 12.1 Å². The van der Waals surface area contributed by atoms with Gasteiger partial charge in [0.05, 0.1) is 11.3 Å². The molecule has 2 atom stereocenters. The number of anilines is 1. The van der Waals surface area contributed by atoms with Gasteiger partial charge in [-0.25, -0.2) is 9.78 Å². The van der Waals surface area contributed by atoms with Crippen LogP contribution in [0.25, 0.3) is 11.0 Å². The second-order valence-electron chi connectivity index (χ2n) is 7.58. The highest BCUT2D eigenvalue weighted by atomic mass is 35.5. The summed E-state index contributed by atoms with van der Waals surface area (Å²) in [6.45, 7) is 5.71. The van der Waals surface area contributed by atoms with E-state index in [2.05, 4.69) is 20.3 Å². The van der Waals surface area contributed by atoms with Gasteiger partial charge in [-0.1, -0.05) is 0 Å². The van der Waals surface area contributed by atoms with Crippen LogP contribution < -0.4 is 5.32 Å². The molecular formula is C17H22ClN5O4. The van der Waals surface area contributed by atoms with Gasteiger partial charge in [0.2, 0.25) is 5.28 Å². The van der Waals surface area contributed by atoms with Crippen LogP contribution in [0.4, 0.5) is 10.6 Å². The molecule has 1 fully saturated rings.